The summed E-state index contributed by atoms with van der Waals surface area (Å²) in [5.41, 5.74) is 13.0. The first kappa shape index (κ1) is 26.1. The van der Waals surface area contributed by atoms with E-state index in [-0.39, 0.29) is 36.0 Å². The Labute approximate surface area is 214 Å². The van der Waals surface area contributed by atoms with Crippen LogP contribution in [0.2, 0.25) is 0 Å². The van der Waals surface area contributed by atoms with Crippen molar-refractivity contribution in [1.82, 2.24) is 15.3 Å². The molecule has 1 fully saturated rings. The Morgan fingerprint density at radius 3 is 2.67 bits per heavy atom. The third-order valence-electron chi connectivity index (χ3n) is 6.29. The average molecular weight is 564 g/mol. The van der Waals surface area contributed by atoms with Crippen LogP contribution in [-0.2, 0) is 0 Å². The van der Waals surface area contributed by atoms with Gasteiger partial charge in [-0.1, -0.05) is 22.0 Å². The number of carbonyl (C=O) groups is 1. The number of aromatic nitrogens is 2. The Balaban J connectivity index is 1.56. The number of nitrogens with zero attached hydrogens (tertiary/aromatic N) is 2. The molecule has 3 aromatic rings. The number of hydrogen-bond donors (Lipinski definition) is 4. The minimum Gasteiger partial charge on any atom is -0.390 e. The molecule has 190 valence electrons. The van der Waals surface area contributed by atoms with Gasteiger partial charge in [0.1, 0.15) is 29.3 Å². The Kier molecular flexibility index (Phi) is 7.91. The fourth-order valence-electron chi connectivity index (χ4n) is 4.33. The topological polar surface area (TPSA) is 127 Å². The fraction of sp³-hybridized carbons (Fsp3) is 0.320. The van der Waals surface area contributed by atoms with Gasteiger partial charge in [0.15, 0.2) is 0 Å². The number of carbonyl (C=O) groups excluding carboxylic acids is 1. The van der Waals surface area contributed by atoms with Crippen molar-refractivity contribution in [2.45, 2.75) is 43.5 Å². The smallest absolute Gasteiger partial charge is 0.254 e. The molecule has 36 heavy (non-hydrogen) atoms. The molecule has 4 rings (SSSR count). The molecular formula is C25H25BrF3N5O2. The van der Waals surface area contributed by atoms with Gasteiger partial charge in [0, 0.05) is 22.5 Å². The SMILES string of the molecule is NC[C@@H](NC(=O)c1ccc(-c2nc([C@@H]3CC[C@@H](O)[C@H](F)C3)cnc2N)cc1F)c1cc(F)cc(Br)c1. The van der Waals surface area contributed by atoms with Gasteiger partial charge in [-0.3, -0.25) is 4.79 Å². The van der Waals surface area contributed by atoms with E-state index >= 15 is 4.39 Å². The quantitative estimate of drug-likeness (QED) is 0.356. The zero-order chi connectivity index (χ0) is 26.0. The van der Waals surface area contributed by atoms with E-state index in [9.17, 15) is 18.7 Å². The lowest BCUT2D eigenvalue weighted by atomic mass is 9.84. The first-order valence-electron chi connectivity index (χ1n) is 11.4. The predicted octanol–water partition coefficient (Wildman–Crippen LogP) is 4.16. The summed E-state index contributed by atoms with van der Waals surface area (Å²) in [6.45, 7) is -0.0296. The van der Waals surface area contributed by atoms with Gasteiger partial charge in [-0.05, 0) is 55.2 Å². The molecule has 1 aliphatic carbocycles. The van der Waals surface area contributed by atoms with Crippen LogP contribution in [0.4, 0.5) is 19.0 Å². The van der Waals surface area contributed by atoms with E-state index in [1.54, 1.807) is 6.07 Å². The van der Waals surface area contributed by atoms with Gasteiger partial charge in [-0.2, -0.15) is 0 Å². The van der Waals surface area contributed by atoms with Crippen molar-refractivity contribution in [3.8, 4) is 11.3 Å². The summed E-state index contributed by atoms with van der Waals surface area (Å²) in [4.78, 5) is 21.4. The molecule has 11 heteroatoms. The molecule has 0 radical (unpaired) electrons. The summed E-state index contributed by atoms with van der Waals surface area (Å²) in [6, 6.07) is 7.29. The second kappa shape index (κ2) is 10.9. The van der Waals surface area contributed by atoms with Crippen molar-refractivity contribution in [3.63, 3.8) is 0 Å². The van der Waals surface area contributed by atoms with E-state index in [1.807, 2.05) is 0 Å². The van der Waals surface area contributed by atoms with Crippen molar-refractivity contribution in [2.24, 2.45) is 5.73 Å². The van der Waals surface area contributed by atoms with E-state index in [4.69, 9.17) is 11.5 Å². The van der Waals surface area contributed by atoms with Gasteiger partial charge in [-0.15, -0.1) is 0 Å². The van der Waals surface area contributed by atoms with Crippen LogP contribution < -0.4 is 16.8 Å². The van der Waals surface area contributed by atoms with Crippen LogP contribution in [0.15, 0.2) is 47.1 Å². The maximum atomic E-state index is 15.0. The second-order valence-corrected chi connectivity index (χ2v) is 9.70. The third kappa shape index (κ3) is 5.69. The van der Waals surface area contributed by atoms with Crippen LogP contribution in [0.3, 0.4) is 0 Å². The van der Waals surface area contributed by atoms with Gasteiger partial charge >= 0.3 is 0 Å². The molecule has 1 aliphatic rings. The zero-order valence-electron chi connectivity index (χ0n) is 19.1. The van der Waals surface area contributed by atoms with Crippen molar-refractivity contribution in [3.05, 3.63) is 75.5 Å². The number of anilines is 1. The van der Waals surface area contributed by atoms with E-state index in [0.717, 1.165) is 6.07 Å². The Morgan fingerprint density at radius 2 is 2.00 bits per heavy atom. The van der Waals surface area contributed by atoms with Gasteiger partial charge in [0.05, 0.1) is 29.6 Å². The summed E-state index contributed by atoms with van der Waals surface area (Å²) in [6.07, 6.45) is 0.0733. The summed E-state index contributed by atoms with van der Waals surface area (Å²) in [5.74, 6) is -2.24. The van der Waals surface area contributed by atoms with E-state index in [0.29, 0.717) is 34.1 Å². The molecule has 0 aliphatic heterocycles. The summed E-state index contributed by atoms with van der Waals surface area (Å²) < 4.78 is 43.3. The average Bonchev–Trinajstić information content (AvgIpc) is 2.83. The van der Waals surface area contributed by atoms with Crippen LogP contribution in [-0.4, -0.2) is 39.8 Å². The van der Waals surface area contributed by atoms with Crippen molar-refractivity contribution < 1.29 is 23.1 Å². The largest absolute Gasteiger partial charge is 0.390 e. The number of hydrogen-bond acceptors (Lipinski definition) is 6. The number of nitrogens with one attached hydrogen (secondary N) is 1. The van der Waals surface area contributed by atoms with Crippen LogP contribution in [0, 0.1) is 11.6 Å². The molecule has 1 amide bonds. The van der Waals surface area contributed by atoms with Crippen molar-refractivity contribution in [1.29, 1.82) is 0 Å². The predicted molar refractivity (Wildman–Crippen MR) is 133 cm³/mol. The Bertz CT molecular complexity index is 1260. The maximum absolute atomic E-state index is 15.0. The molecule has 0 spiro atoms. The van der Waals surface area contributed by atoms with Gasteiger partial charge < -0.3 is 21.9 Å². The fourth-order valence-corrected chi connectivity index (χ4v) is 4.81. The van der Waals surface area contributed by atoms with E-state index in [2.05, 4.69) is 31.2 Å². The third-order valence-corrected chi connectivity index (χ3v) is 6.75. The highest BCUT2D eigenvalue weighted by Gasteiger charge is 2.31. The minimum atomic E-state index is -1.35. The Morgan fingerprint density at radius 1 is 1.22 bits per heavy atom. The highest BCUT2D eigenvalue weighted by molar-refractivity contribution is 9.10. The van der Waals surface area contributed by atoms with Crippen LogP contribution in [0.5, 0.6) is 0 Å². The van der Waals surface area contributed by atoms with E-state index < -0.39 is 35.9 Å². The molecule has 4 atom stereocenters. The lowest BCUT2D eigenvalue weighted by Crippen LogP contribution is -2.34. The molecule has 1 heterocycles. The number of benzene rings is 2. The number of nitrogen functional groups attached to an aromatic ring is 1. The van der Waals surface area contributed by atoms with Gasteiger partial charge in [-0.25, -0.2) is 23.1 Å². The summed E-state index contributed by atoms with van der Waals surface area (Å²) >= 11 is 3.20. The molecular weight excluding hydrogens is 539 g/mol. The second-order valence-electron chi connectivity index (χ2n) is 8.78. The van der Waals surface area contributed by atoms with E-state index in [1.165, 1.54) is 30.5 Å². The van der Waals surface area contributed by atoms with Gasteiger partial charge in [0.2, 0.25) is 0 Å². The summed E-state index contributed by atoms with van der Waals surface area (Å²) in [5, 5.41) is 12.3. The highest BCUT2D eigenvalue weighted by atomic mass is 79.9. The van der Waals surface area contributed by atoms with Crippen LogP contribution in [0.1, 0.15) is 52.8 Å². The first-order valence-corrected chi connectivity index (χ1v) is 12.2. The number of aliphatic hydroxyl groups is 1. The molecule has 7 nitrogen and oxygen atoms in total. The molecule has 0 bridgehead atoms. The van der Waals surface area contributed by atoms with Crippen molar-refractivity contribution in [2.75, 3.05) is 12.3 Å². The molecule has 6 N–H and O–H groups in total. The number of halogens is 4. The number of alkyl halides is 1. The minimum absolute atomic E-state index is 0.0296. The molecule has 1 saturated carbocycles. The summed E-state index contributed by atoms with van der Waals surface area (Å²) in [7, 11) is 0. The van der Waals surface area contributed by atoms with Gasteiger partial charge in [0.25, 0.3) is 5.91 Å². The number of nitrogens with two attached hydrogens (primary N) is 2. The molecule has 2 aromatic carbocycles. The maximum Gasteiger partial charge on any atom is 0.254 e. The monoisotopic (exact) mass is 563 g/mol. The number of aliphatic hydroxyl groups excluding tert-OH is 1. The molecule has 0 saturated heterocycles. The van der Waals surface area contributed by atoms with Crippen molar-refractivity contribution >= 4 is 27.7 Å². The zero-order valence-corrected chi connectivity index (χ0v) is 20.7. The standard InChI is InChI=1S/C25H25BrF3N5O2/c26-15-5-14(6-16(27)9-15)20(10-30)34-25(36)17-3-1-13(8-18(17)28)23-24(31)32-11-21(33-23)12-2-4-22(35)19(29)7-12/h1,3,5-6,8-9,11-12,19-20,22,35H,2,4,7,10,30H2,(H2,31,32)(H,34,36)/t12-,19-,20-,22-/m1/s1. The number of rotatable bonds is 6. The normalized spacial score (nSPS) is 20.7. The molecule has 0 unspecified atom stereocenters. The van der Waals surface area contributed by atoms with Crippen LogP contribution in [0.25, 0.3) is 11.3 Å². The molecule has 1 aromatic heterocycles. The number of amides is 1. The first-order chi connectivity index (χ1) is 17.2. The lowest BCUT2D eigenvalue weighted by molar-refractivity contribution is 0.0363. The van der Waals surface area contributed by atoms with Crippen LogP contribution >= 0.6 is 15.9 Å². The lowest BCUT2D eigenvalue weighted by Gasteiger charge is -2.28. The highest BCUT2D eigenvalue weighted by Crippen LogP contribution is 2.35. The Hall–Kier alpha value is -3.02.